The number of hydrogen-bond acceptors (Lipinski definition) is 7. The zero-order valence-electron chi connectivity index (χ0n) is 17.6. The maximum Gasteiger partial charge on any atom is 0.420 e. The number of cyclic esters (lactones) is 1. The largest absolute Gasteiger partial charge is 0.443 e. The third-order valence-corrected chi connectivity index (χ3v) is 5.57. The number of imide groups is 1. The number of nitrogens with zero attached hydrogens (tertiary/aromatic N) is 1. The van der Waals surface area contributed by atoms with Gasteiger partial charge in [-0.3, -0.25) is 0 Å². The van der Waals surface area contributed by atoms with E-state index in [2.05, 4.69) is 0 Å². The summed E-state index contributed by atoms with van der Waals surface area (Å²) < 4.78 is 23.2. The number of carbonyl (C=O) groups is 2. The third kappa shape index (κ3) is 4.44. The molecular formula is C20H34N2O6. The van der Waals surface area contributed by atoms with Gasteiger partial charge in [0.25, 0.3) is 0 Å². The second-order valence-electron chi connectivity index (χ2n) is 9.46. The van der Waals surface area contributed by atoms with E-state index in [0.29, 0.717) is 0 Å². The lowest BCUT2D eigenvalue weighted by atomic mass is 9.80. The Morgan fingerprint density at radius 3 is 2.39 bits per heavy atom. The summed E-state index contributed by atoms with van der Waals surface area (Å²) in [5, 5.41) is 0. The molecule has 3 fully saturated rings. The van der Waals surface area contributed by atoms with Gasteiger partial charge in [-0.1, -0.05) is 19.3 Å². The molecule has 0 spiro atoms. The Bertz CT molecular complexity index is 596. The van der Waals surface area contributed by atoms with Crippen molar-refractivity contribution in [2.24, 2.45) is 11.7 Å². The van der Waals surface area contributed by atoms with Gasteiger partial charge >= 0.3 is 12.2 Å². The molecule has 8 heteroatoms. The quantitative estimate of drug-likeness (QED) is 0.779. The average Bonchev–Trinajstić information content (AvgIpc) is 3.10. The van der Waals surface area contributed by atoms with Gasteiger partial charge in [-0.2, -0.15) is 0 Å². The molecule has 160 valence electrons. The Kier molecular flexibility index (Phi) is 5.94. The molecule has 2 heterocycles. The van der Waals surface area contributed by atoms with Crippen LogP contribution < -0.4 is 5.73 Å². The number of nitrogens with two attached hydrogens (primary N) is 1. The first-order chi connectivity index (χ1) is 13.0. The lowest BCUT2D eigenvalue weighted by molar-refractivity contribution is -0.155. The van der Waals surface area contributed by atoms with Crippen LogP contribution in [0.4, 0.5) is 9.59 Å². The van der Waals surface area contributed by atoms with Gasteiger partial charge in [0.15, 0.2) is 11.9 Å². The molecule has 2 saturated heterocycles. The minimum absolute atomic E-state index is 0.142. The van der Waals surface area contributed by atoms with E-state index in [1.165, 1.54) is 0 Å². The van der Waals surface area contributed by atoms with E-state index in [9.17, 15) is 9.59 Å². The summed E-state index contributed by atoms with van der Waals surface area (Å²) >= 11 is 0. The highest BCUT2D eigenvalue weighted by Gasteiger charge is 2.58. The van der Waals surface area contributed by atoms with Crippen molar-refractivity contribution in [3.05, 3.63) is 0 Å². The molecule has 0 radical (unpaired) electrons. The molecule has 0 bridgehead atoms. The SMILES string of the molecule is CC(C)(C)OC(=O)N1C(=O)O[C@H]([C@@H]2OC(C)(C)O[C@H]2CN)[C@H]1C1CCCCC1. The van der Waals surface area contributed by atoms with E-state index in [4.69, 9.17) is 24.7 Å². The summed E-state index contributed by atoms with van der Waals surface area (Å²) in [7, 11) is 0. The van der Waals surface area contributed by atoms with Crippen LogP contribution in [-0.4, -0.2) is 59.4 Å². The Hall–Kier alpha value is -1.38. The fourth-order valence-corrected chi connectivity index (χ4v) is 4.56. The maximum atomic E-state index is 12.9. The number of rotatable bonds is 3. The minimum Gasteiger partial charge on any atom is -0.443 e. The molecule has 2 aliphatic heterocycles. The Labute approximate surface area is 167 Å². The monoisotopic (exact) mass is 398 g/mol. The van der Waals surface area contributed by atoms with Crippen molar-refractivity contribution >= 4 is 12.2 Å². The van der Waals surface area contributed by atoms with E-state index in [-0.39, 0.29) is 12.5 Å². The van der Waals surface area contributed by atoms with E-state index >= 15 is 0 Å². The van der Waals surface area contributed by atoms with Crippen molar-refractivity contribution in [2.45, 2.75) is 102 Å². The third-order valence-electron chi connectivity index (χ3n) is 5.57. The normalized spacial score (nSPS) is 33.8. The van der Waals surface area contributed by atoms with Crippen LogP contribution in [-0.2, 0) is 18.9 Å². The molecule has 3 rings (SSSR count). The fraction of sp³-hybridized carbons (Fsp3) is 0.900. The number of hydrogen-bond donors (Lipinski definition) is 1. The molecule has 0 unspecified atom stereocenters. The summed E-state index contributed by atoms with van der Waals surface area (Å²) in [6.07, 6.45) is 2.26. The summed E-state index contributed by atoms with van der Waals surface area (Å²) in [5.41, 5.74) is 5.19. The van der Waals surface area contributed by atoms with Crippen LogP contribution in [0.15, 0.2) is 0 Å². The molecule has 0 aromatic heterocycles. The van der Waals surface area contributed by atoms with E-state index < -0.39 is 47.9 Å². The fourth-order valence-electron chi connectivity index (χ4n) is 4.56. The van der Waals surface area contributed by atoms with Gasteiger partial charge in [-0.15, -0.1) is 0 Å². The van der Waals surface area contributed by atoms with Crippen LogP contribution in [0.2, 0.25) is 0 Å². The van der Waals surface area contributed by atoms with Crippen molar-refractivity contribution in [3.63, 3.8) is 0 Å². The highest BCUT2D eigenvalue weighted by molar-refractivity contribution is 5.90. The molecule has 2 N–H and O–H groups in total. The highest BCUT2D eigenvalue weighted by Crippen LogP contribution is 2.41. The lowest BCUT2D eigenvalue weighted by Crippen LogP contribution is -2.53. The van der Waals surface area contributed by atoms with Crippen LogP contribution in [0.25, 0.3) is 0 Å². The molecule has 4 atom stereocenters. The summed E-state index contributed by atoms with van der Waals surface area (Å²) in [6, 6.07) is -0.445. The molecule has 8 nitrogen and oxygen atoms in total. The molecule has 2 amide bonds. The van der Waals surface area contributed by atoms with Crippen LogP contribution >= 0.6 is 0 Å². The molecule has 28 heavy (non-hydrogen) atoms. The Morgan fingerprint density at radius 1 is 1.18 bits per heavy atom. The van der Waals surface area contributed by atoms with Crippen molar-refractivity contribution in [1.82, 2.24) is 4.90 Å². The number of amides is 2. The second kappa shape index (κ2) is 7.80. The van der Waals surface area contributed by atoms with Crippen molar-refractivity contribution in [1.29, 1.82) is 0 Å². The second-order valence-corrected chi connectivity index (χ2v) is 9.46. The van der Waals surface area contributed by atoms with Gasteiger partial charge in [0.2, 0.25) is 0 Å². The standard InChI is InChI=1S/C20H34N2O6/c1-19(2,3)28-18(24)22-14(12-9-7-6-8-10-12)16(25-17(22)23)15-13(11-21)26-20(4,5)27-15/h12-16H,6-11,21H2,1-5H3/t13-,14+,15+,16-/m0/s1. The van der Waals surface area contributed by atoms with Crippen LogP contribution in [0, 0.1) is 5.92 Å². The molecular weight excluding hydrogens is 364 g/mol. The van der Waals surface area contributed by atoms with Crippen molar-refractivity contribution in [3.8, 4) is 0 Å². The molecule has 1 aliphatic carbocycles. The highest BCUT2D eigenvalue weighted by atomic mass is 16.8. The molecule has 1 saturated carbocycles. The molecule has 3 aliphatic rings. The van der Waals surface area contributed by atoms with Gasteiger partial charge in [0.05, 0.1) is 6.04 Å². The van der Waals surface area contributed by atoms with E-state index in [1.54, 1.807) is 20.8 Å². The predicted molar refractivity (Wildman–Crippen MR) is 102 cm³/mol. The van der Waals surface area contributed by atoms with E-state index in [1.807, 2.05) is 13.8 Å². The summed E-state index contributed by atoms with van der Waals surface area (Å²) in [5.74, 6) is -0.680. The minimum atomic E-state index is -0.822. The Balaban J connectivity index is 1.90. The van der Waals surface area contributed by atoms with Crippen LogP contribution in [0.1, 0.15) is 66.7 Å². The topological polar surface area (TPSA) is 100 Å². The zero-order valence-corrected chi connectivity index (χ0v) is 17.6. The van der Waals surface area contributed by atoms with E-state index in [0.717, 1.165) is 37.0 Å². The van der Waals surface area contributed by atoms with Gasteiger partial charge in [-0.05, 0) is 53.4 Å². The van der Waals surface area contributed by atoms with Crippen LogP contribution in [0.5, 0.6) is 0 Å². The van der Waals surface area contributed by atoms with Gasteiger partial charge in [0, 0.05) is 6.54 Å². The Morgan fingerprint density at radius 2 is 1.82 bits per heavy atom. The zero-order chi connectivity index (χ0) is 20.7. The summed E-state index contributed by atoms with van der Waals surface area (Å²) in [6.45, 7) is 9.20. The maximum absolute atomic E-state index is 12.9. The lowest BCUT2D eigenvalue weighted by Gasteiger charge is -2.36. The average molecular weight is 399 g/mol. The number of ether oxygens (including phenoxy) is 4. The van der Waals surface area contributed by atoms with Gasteiger partial charge in [-0.25, -0.2) is 14.5 Å². The van der Waals surface area contributed by atoms with Crippen molar-refractivity contribution < 1.29 is 28.5 Å². The predicted octanol–water partition coefficient (Wildman–Crippen LogP) is 3.17. The van der Waals surface area contributed by atoms with Gasteiger partial charge in [0.1, 0.15) is 17.8 Å². The molecule has 0 aromatic carbocycles. The first-order valence-corrected chi connectivity index (χ1v) is 10.3. The summed E-state index contributed by atoms with van der Waals surface area (Å²) in [4.78, 5) is 26.8. The number of carbonyl (C=O) groups excluding carboxylic acids is 2. The van der Waals surface area contributed by atoms with Gasteiger partial charge < -0.3 is 24.7 Å². The first kappa shape index (κ1) is 21.3. The first-order valence-electron chi connectivity index (χ1n) is 10.3. The smallest absolute Gasteiger partial charge is 0.420 e. The van der Waals surface area contributed by atoms with Crippen molar-refractivity contribution in [2.75, 3.05) is 6.54 Å². The molecule has 0 aromatic rings. The van der Waals surface area contributed by atoms with Crippen LogP contribution in [0.3, 0.4) is 0 Å².